The number of carbonyl (C=O) groups is 1. The first kappa shape index (κ1) is 31.4. The number of carbonyl (C=O) groups excluding carboxylic acids is 1. The van der Waals surface area contributed by atoms with E-state index in [1.165, 1.54) is 0 Å². The summed E-state index contributed by atoms with van der Waals surface area (Å²) in [7, 11) is 0. The molecule has 0 amide bonds. The standard InChI is InChI=1S/C27H44O14/c1-10-3-4-11-15(10)16-12(26(16,2)25(36)41-24-22(35)20(33)18(31)14(8-29)40-24)5-6-27(11,37)9-38-23-21(34)19(32)17(30)13(7-28)39-23/h10-24,28-35,37H,3-9H2,1-2H3. The minimum absolute atomic E-state index is 0.0850. The monoisotopic (exact) mass is 592 g/mol. The van der Waals surface area contributed by atoms with Gasteiger partial charge in [0.2, 0.25) is 6.29 Å². The summed E-state index contributed by atoms with van der Waals surface area (Å²) in [6, 6.07) is 0. The average Bonchev–Trinajstić information content (AvgIpc) is 3.41. The Morgan fingerprint density at radius 2 is 1.37 bits per heavy atom. The molecule has 2 heterocycles. The van der Waals surface area contributed by atoms with Gasteiger partial charge >= 0.3 is 5.97 Å². The van der Waals surface area contributed by atoms with Crippen LogP contribution in [0.5, 0.6) is 0 Å². The molecule has 236 valence electrons. The molecule has 14 nitrogen and oxygen atoms in total. The van der Waals surface area contributed by atoms with Gasteiger partial charge in [-0.2, -0.15) is 0 Å². The van der Waals surface area contributed by atoms with Crippen LogP contribution in [0.3, 0.4) is 0 Å². The van der Waals surface area contributed by atoms with Crippen molar-refractivity contribution in [3.8, 4) is 0 Å². The predicted octanol–water partition coefficient (Wildman–Crippen LogP) is -3.41. The lowest BCUT2D eigenvalue weighted by atomic mass is 9.73. The number of hydrogen-bond donors (Lipinski definition) is 9. The zero-order chi connectivity index (χ0) is 30.0. The van der Waals surface area contributed by atoms with Gasteiger partial charge in [-0.25, -0.2) is 0 Å². The minimum Gasteiger partial charge on any atom is -0.432 e. The van der Waals surface area contributed by atoms with Gasteiger partial charge in [-0.1, -0.05) is 13.3 Å². The lowest BCUT2D eigenvalue weighted by Gasteiger charge is -2.43. The molecular weight excluding hydrogens is 548 g/mol. The van der Waals surface area contributed by atoms with Crippen LogP contribution >= 0.6 is 0 Å². The third-order valence-corrected chi connectivity index (χ3v) is 10.7. The van der Waals surface area contributed by atoms with E-state index in [9.17, 15) is 50.8 Å². The highest BCUT2D eigenvalue weighted by Gasteiger charge is 2.74. The second-order valence-corrected chi connectivity index (χ2v) is 12.9. The molecule has 0 spiro atoms. The smallest absolute Gasteiger partial charge is 0.314 e. The fourth-order valence-corrected chi connectivity index (χ4v) is 8.13. The van der Waals surface area contributed by atoms with E-state index in [0.29, 0.717) is 12.8 Å². The summed E-state index contributed by atoms with van der Waals surface area (Å²) in [5.41, 5.74) is -2.27. The van der Waals surface area contributed by atoms with Gasteiger partial charge in [0.25, 0.3) is 0 Å². The molecule has 0 aromatic heterocycles. The van der Waals surface area contributed by atoms with Crippen LogP contribution in [0.25, 0.3) is 0 Å². The summed E-state index contributed by atoms with van der Waals surface area (Å²) >= 11 is 0. The Morgan fingerprint density at radius 1 is 0.805 bits per heavy atom. The van der Waals surface area contributed by atoms with Crippen LogP contribution in [0.2, 0.25) is 0 Å². The first-order chi connectivity index (χ1) is 19.3. The molecule has 2 saturated heterocycles. The number of aliphatic hydroxyl groups excluding tert-OH is 8. The molecule has 5 fully saturated rings. The number of hydrogen-bond acceptors (Lipinski definition) is 14. The van der Waals surface area contributed by atoms with Gasteiger partial charge in [-0.05, 0) is 55.8 Å². The highest BCUT2D eigenvalue weighted by Crippen LogP contribution is 2.72. The van der Waals surface area contributed by atoms with Crippen molar-refractivity contribution >= 4 is 5.97 Å². The molecule has 41 heavy (non-hydrogen) atoms. The largest absolute Gasteiger partial charge is 0.432 e. The van der Waals surface area contributed by atoms with Gasteiger partial charge in [0.1, 0.15) is 48.8 Å². The van der Waals surface area contributed by atoms with Crippen molar-refractivity contribution in [1.82, 2.24) is 0 Å². The molecule has 14 heteroatoms. The fraction of sp³-hybridized carbons (Fsp3) is 0.963. The summed E-state index contributed by atoms with van der Waals surface area (Å²) in [6.07, 6.45) is -12.8. The summed E-state index contributed by atoms with van der Waals surface area (Å²) in [5.74, 6) is -1.13. The molecule has 5 rings (SSSR count). The summed E-state index contributed by atoms with van der Waals surface area (Å²) in [6.45, 7) is 2.37. The predicted molar refractivity (Wildman–Crippen MR) is 134 cm³/mol. The van der Waals surface area contributed by atoms with E-state index in [-0.39, 0.29) is 42.6 Å². The Bertz CT molecular complexity index is 949. The zero-order valence-electron chi connectivity index (χ0n) is 23.2. The van der Waals surface area contributed by atoms with Crippen molar-refractivity contribution in [3.63, 3.8) is 0 Å². The van der Waals surface area contributed by atoms with Crippen LogP contribution in [0.1, 0.15) is 39.5 Å². The molecular formula is C27H44O14. The second kappa shape index (κ2) is 11.5. The fourth-order valence-electron chi connectivity index (χ4n) is 8.13. The van der Waals surface area contributed by atoms with Gasteiger partial charge in [0.15, 0.2) is 6.29 Å². The van der Waals surface area contributed by atoms with Gasteiger partial charge in [-0.15, -0.1) is 0 Å². The molecule has 0 radical (unpaired) electrons. The quantitative estimate of drug-likeness (QED) is 0.131. The van der Waals surface area contributed by atoms with E-state index < -0.39 is 91.6 Å². The van der Waals surface area contributed by atoms with Crippen LogP contribution in [0, 0.1) is 35.0 Å². The second-order valence-electron chi connectivity index (χ2n) is 12.9. The van der Waals surface area contributed by atoms with E-state index in [2.05, 4.69) is 6.92 Å². The van der Waals surface area contributed by atoms with Gasteiger partial charge in [-0.3, -0.25) is 4.79 Å². The molecule has 0 aromatic rings. The van der Waals surface area contributed by atoms with Crippen molar-refractivity contribution < 1.29 is 69.7 Å². The van der Waals surface area contributed by atoms with E-state index in [4.69, 9.17) is 18.9 Å². The molecule has 0 bridgehead atoms. The summed E-state index contributed by atoms with van der Waals surface area (Å²) in [5, 5.41) is 91.8. The Hall–Kier alpha value is -1.01. The molecule has 3 aliphatic carbocycles. The molecule has 5 aliphatic rings. The summed E-state index contributed by atoms with van der Waals surface area (Å²) < 4.78 is 22.2. The maximum atomic E-state index is 13.5. The number of fused-ring (bicyclic) bond motifs is 3. The maximum Gasteiger partial charge on any atom is 0.314 e. The molecule has 3 saturated carbocycles. The average molecular weight is 593 g/mol. The first-order valence-corrected chi connectivity index (χ1v) is 14.5. The van der Waals surface area contributed by atoms with Crippen LogP contribution in [0.15, 0.2) is 0 Å². The Morgan fingerprint density at radius 3 is 1.95 bits per heavy atom. The van der Waals surface area contributed by atoms with E-state index in [0.717, 1.165) is 6.42 Å². The lowest BCUT2D eigenvalue weighted by Crippen LogP contribution is -2.60. The van der Waals surface area contributed by atoms with Gasteiger partial charge in [0.05, 0.1) is 30.8 Å². The number of rotatable bonds is 7. The van der Waals surface area contributed by atoms with Crippen LogP contribution in [-0.4, -0.2) is 139 Å². The number of ether oxygens (including phenoxy) is 4. The third-order valence-electron chi connectivity index (χ3n) is 10.7. The highest BCUT2D eigenvalue weighted by atomic mass is 16.7. The Balaban J connectivity index is 1.28. The molecule has 17 unspecified atom stereocenters. The van der Waals surface area contributed by atoms with E-state index in [1.807, 2.05) is 0 Å². The van der Waals surface area contributed by atoms with Crippen LogP contribution < -0.4 is 0 Å². The Labute approximate surface area is 237 Å². The summed E-state index contributed by atoms with van der Waals surface area (Å²) in [4.78, 5) is 13.5. The topological polar surface area (TPSA) is 236 Å². The van der Waals surface area contributed by atoms with Crippen molar-refractivity contribution in [3.05, 3.63) is 0 Å². The molecule has 2 aliphatic heterocycles. The van der Waals surface area contributed by atoms with Crippen LogP contribution in [-0.2, 0) is 23.7 Å². The maximum absolute atomic E-state index is 13.5. The van der Waals surface area contributed by atoms with E-state index >= 15 is 0 Å². The van der Waals surface area contributed by atoms with E-state index in [1.54, 1.807) is 6.92 Å². The van der Waals surface area contributed by atoms with Crippen LogP contribution in [0.4, 0.5) is 0 Å². The van der Waals surface area contributed by atoms with Gasteiger partial charge < -0.3 is 64.9 Å². The minimum atomic E-state index is -1.70. The molecule has 9 N–H and O–H groups in total. The number of esters is 1. The van der Waals surface area contributed by atoms with Crippen molar-refractivity contribution in [2.24, 2.45) is 35.0 Å². The molecule has 0 aromatic carbocycles. The zero-order valence-corrected chi connectivity index (χ0v) is 23.2. The lowest BCUT2D eigenvalue weighted by molar-refractivity contribution is -0.311. The van der Waals surface area contributed by atoms with Crippen molar-refractivity contribution in [2.45, 2.75) is 107 Å². The van der Waals surface area contributed by atoms with Crippen molar-refractivity contribution in [2.75, 3.05) is 19.8 Å². The normalized spacial score (nSPS) is 55.0. The first-order valence-electron chi connectivity index (χ1n) is 14.5. The number of aliphatic hydroxyl groups is 9. The molecule has 17 atom stereocenters. The van der Waals surface area contributed by atoms with Gasteiger partial charge in [0, 0.05) is 0 Å². The highest BCUT2D eigenvalue weighted by molar-refractivity contribution is 5.81. The van der Waals surface area contributed by atoms with Crippen molar-refractivity contribution in [1.29, 1.82) is 0 Å². The Kier molecular flexibility index (Phi) is 8.80. The SMILES string of the molecule is CC1CCC2C1C1C(CCC2(O)COC2OC(CO)C(O)C(O)C2O)C1(C)C(=O)OC1OC(CO)C(O)C(O)C1O. The third kappa shape index (κ3) is 5.13.